The number of nitrogens with zero attached hydrogens (tertiary/aromatic N) is 2. The molecule has 1 atom stereocenters. The molecule has 0 aliphatic carbocycles. The summed E-state index contributed by atoms with van der Waals surface area (Å²) in [5.74, 6) is 2.57. The summed E-state index contributed by atoms with van der Waals surface area (Å²) in [6.07, 6.45) is 2.19. The SMILES string of the molecule is O=C(C1CCCN1Cc1ccsc1)N1CCSCC1. The Kier molecular flexibility index (Phi) is 4.45. The van der Waals surface area contributed by atoms with E-state index in [-0.39, 0.29) is 6.04 Å². The van der Waals surface area contributed by atoms with Gasteiger partial charge in [-0.05, 0) is 41.8 Å². The van der Waals surface area contributed by atoms with Crippen molar-refractivity contribution >= 4 is 29.0 Å². The minimum atomic E-state index is 0.128. The quantitative estimate of drug-likeness (QED) is 0.855. The van der Waals surface area contributed by atoms with Gasteiger partial charge in [-0.2, -0.15) is 23.1 Å². The first-order valence-electron chi connectivity index (χ1n) is 6.96. The zero-order valence-corrected chi connectivity index (χ0v) is 12.7. The van der Waals surface area contributed by atoms with Crippen molar-refractivity contribution in [2.45, 2.75) is 25.4 Å². The second kappa shape index (κ2) is 6.29. The molecule has 19 heavy (non-hydrogen) atoms. The van der Waals surface area contributed by atoms with Crippen LogP contribution in [0.3, 0.4) is 0 Å². The van der Waals surface area contributed by atoms with Crippen LogP contribution in [0.5, 0.6) is 0 Å². The van der Waals surface area contributed by atoms with Crippen LogP contribution in [0, 0.1) is 0 Å². The molecule has 2 aliphatic rings. The van der Waals surface area contributed by atoms with Gasteiger partial charge in [0, 0.05) is 31.1 Å². The van der Waals surface area contributed by atoms with Crippen LogP contribution in [0.15, 0.2) is 16.8 Å². The van der Waals surface area contributed by atoms with Crippen molar-refractivity contribution in [2.75, 3.05) is 31.1 Å². The van der Waals surface area contributed by atoms with Gasteiger partial charge in [0.1, 0.15) is 0 Å². The summed E-state index contributed by atoms with van der Waals surface area (Å²) in [6.45, 7) is 3.87. The normalized spacial score (nSPS) is 24.8. The molecule has 2 fully saturated rings. The lowest BCUT2D eigenvalue weighted by molar-refractivity contribution is -0.135. The van der Waals surface area contributed by atoms with Crippen molar-refractivity contribution in [1.82, 2.24) is 9.80 Å². The Morgan fingerprint density at radius 2 is 2.16 bits per heavy atom. The van der Waals surface area contributed by atoms with Gasteiger partial charge in [-0.3, -0.25) is 9.69 Å². The van der Waals surface area contributed by atoms with E-state index < -0.39 is 0 Å². The van der Waals surface area contributed by atoms with Gasteiger partial charge in [0.05, 0.1) is 6.04 Å². The average Bonchev–Trinajstić information content (AvgIpc) is 3.11. The predicted molar refractivity (Wildman–Crippen MR) is 81.7 cm³/mol. The molecule has 1 aromatic heterocycles. The second-order valence-electron chi connectivity index (χ2n) is 5.20. The average molecular weight is 296 g/mol. The van der Waals surface area contributed by atoms with E-state index in [0.29, 0.717) is 5.91 Å². The van der Waals surface area contributed by atoms with Crippen LogP contribution in [0.1, 0.15) is 18.4 Å². The predicted octanol–water partition coefficient (Wildman–Crippen LogP) is 2.29. The standard InChI is InChI=1S/C14H20N2OS2/c17-14(15-5-8-18-9-6-15)13-2-1-4-16(13)10-12-3-7-19-11-12/h3,7,11,13H,1-2,4-6,8-10H2. The maximum atomic E-state index is 12.6. The third-order valence-electron chi connectivity index (χ3n) is 3.94. The fraction of sp³-hybridized carbons (Fsp3) is 0.643. The lowest BCUT2D eigenvalue weighted by Gasteiger charge is -2.32. The zero-order chi connectivity index (χ0) is 13.1. The molecule has 104 valence electrons. The van der Waals surface area contributed by atoms with Crippen molar-refractivity contribution in [2.24, 2.45) is 0 Å². The Hall–Kier alpha value is -0.520. The minimum absolute atomic E-state index is 0.128. The first kappa shape index (κ1) is 13.5. The third-order valence-corrected chi connectivity index (χ3v) is 5.61. The highest BCUT2D eigenvalue weighted by Crippen LogP contribution is 2.23. The first-order valence-corrected chi connectivity index (χ1v) is 9.06. The maximum Gasteiger partial charge on any atom is 0.239 e. The zero-order valence-electron chi connectivity index (χ0n) is 11.1. The molecular formula is C14H20N2OS2. The molecule has 3 rings (SSSR count). The Morgan fingerprint density at radius 3 is 2.89 bits per heavy atom. The highest BCUT2D eigenvalue weighted by atomic mass is 32.2. The Morgan fingerprint density at radius 1 is 1.32 bits per heavy atom. The van der Waals surface area contributed by atoms with Gasteiger partial charge >= 0.3 is 0 Å². The summed E-state index contributed by atoms with van der Waals surface area (Å²) in [5, 5.41) is 4.31. The molecule has 0 saturated carbocycles. The molecule has 1 unspecified atom stereocenters. The summed E-state index contributed by atoms with van der Waals surface area (Å²) in [6, 6.07) is 2.30. The van der Waals surface area contributed by atoms with Gasteiger partial charge < -0.3 is 4.90 Å². The second-order valence-corrected chi connectivity index (χ2v) is 7.20. The number of thiophene rings is 1. The molecule has 0 spiro atoms. The van der Waals surface area contributed by atoms with Gasteiger partial charge in [0.2, 0.25) is 5.91 Å². The van der Waals surface area contributed by atoms with Gasteiger partial charge in [0.15, 0.2) is 0 Å². The molecule has 0 radical (unpaired) electrons. The first-order chi connectivity index (χ1) is 9.34. The molecular weight excluding hydrogens is 276 g/mol. The van der Waals surface area contributed by atoms with E-state index in [4.69, 9.17) is 0 Å². The third kappa shape index (κ3) is 3.15. The summed E-state index contributed by atoms with van der Waals surface area (Å²) in [4.78, 5) is 17.1. The summed E-state index contributed by atoms with van der Waals surface area (Å²) >= 11 is 3.69. The summed E-state index contributed by atoms with van der Waals surface area (Å²) in [5.41, 5.74) is 1.35. The lowest BCUT2D eigenvalue weighted by atomic mass is 10.1. The molecule has 1 amide bonds. The molecule has 5 heteroatoms. The Bertz CT molecular complexity index is 415. The van der Waals surface area contributed by atoms with Crippen LogP contribution < -0.4 is 0 Å². The molecule has 0 N–H and O–H groups in total. The number of amides is 1. The topological polar surface area (TPSA) is 23.6 Å². The molecule has 1 aromatic rings. The van der Waals surface area contributed by atoms with Crippen LogP contribution in [0.2, 0.25) is 0 Å². The van der Waals surface area contributed by atoms with Gasteiger partial charge in [-0.25, -0.2) is 0 Å². The van der Waals surface area contributed by atoms with Crippen molar-refractivity contribution in [3.05, 3.63) is 22.4 Å². The van der Waals surface area contributed by atoms with Crippen molar-refractivity contribution in [3.63, 3.8) is 0 Å². The van der Waals surface area contributed by atoms with Crippen LogP contribution in [-0.4, -0.2) is 52.9 Å². The van der Waals surface area contributed by atoms with Crippen molar-refractivity contribution in [1.29, 1.82) is 0 Å². The number of likely N-dealkylation sites (tertiary alicyclic amines) is 1. The van der Waals surface area contributed by atoms with Crippen LogP contribution in [0.25, 0.3) is 0 Å². The highest BCUT2D eigenvalue weighted by molar-refractivity contribution is 7.99. The highest BCUT2D eigenvalue weighted by Gasteiger charge is 2.33. The van der Waals surface area contributed by atoms with E-state index in [1.165, 1.54) is 5.56 Å². The Labute approximate surface area is 123 Å². The molecule has 0 aromatic carbocycles. The molecule has 3 heterocycles. The van der Waals surface area contributed by atoms with Gasteiger partial charge in [-0.15, -0.1) is 0 Å². The summed E-state index contributed by atoms with van der Waals surface area (Å²) < 4.78 is 0. The molecule has 3 nitrogen and oxygen atoms in total. The number of rotatable bonds is 3. The van der Waals surface area contributed by atoms with E-state index in [1.807, 2.05) is 11.8 Å². The van der Waals surface area contributed by atoms with Crippen LogP contribution >= 0.6 is 23.1 Å². The number of carbonyl (C=O) groups excluding carboxylic acids is 1. The molecule has 2 aliphatic heterocycles. The van der Waals surface area contributed by atoms with E-state index in [1.54, 1.807) is 11.3 Å². The number of hydrogen-bond acceptors (Lipinski definition) is 4. The van der Waals surface area contributed by atoms with Crippen molar-refractivity contribution in [3.8, 4) is 0 Å². The lowest BCUT2D eigenvalue weighted by Crippen LogP contribution is -2.48. The van der Waals surface area contributed by atoms with Crippen LogP contribution in [-0.2, 0) is 11.3 Å². The van der Waals surface area contributed by atoms with Gasteiger partial charge in [0.25, 0.3) is 0 Å². The Balaban J connectivity index is 1.63. The molecule has 2 saturated heterocycles. The van der Waals surface area contributed by atoms with E-state index in [2.05, 4.69) is 26.6 Å². The monoisotopic (exact) mass is 296 g/mol. The number of thioether (sulfide) groups is 1. The number of hydrogen-bond donors (Lipinski definition) is 0. The summed E-state index contributed by atoms with van der Waals surface area (Å²) in [7, 11) is 0. The fourth-order valence-corrected chi connectivity index (χ4v) is 4.47. The maximum absolute atomic E-state index is 12.6. The van der Waals surface area contributed by atoms with E-state index in [9.17, 15) is 4.79 Å². The largest absolute Gasteiger partial charge is 0.340 e. The van der Waals surface area contributed by atoms with Crippen molar-refractivity contribution < 1.29 is 4.79 Å². The molecule has 0 bridgehead atoms. The minimum Gasteiger partial charge on any atom is -0.340 e. The van der Waals surface area contributed by atoms with E-state index in [0.717, 1.165) is 50.5 Å². The number of carbonyl (C=O) groups is 1. The fourth-order valence-electron chi connectivity index (χ4n) is 2.91. The smallest absolute Gasteiger partial charge is 0.239 e. The van der Waals surface area contributed by atoms with E-state index >= 15 is 0 Å². The van der Waals surface area contributed by atoms with Gasteiger partial charge in [-0.1, -0.05) is 0 Å². The van der Waals surface area contributed by atoms with Crippen LogP contribution in [0.4, 0.5) is 0 Å².